The molecule has 2 aromatic rings. The Labute approximate surface area is 145 Å². The highest BCUT2D eigenvalue weighted by molar-refractivity contribution is 14.1. The summed E-state index contributed by atoms with van der Waals surface area (Å²) in [6.07, 6.45) is 0. The number of carbonyl (C=O) groups is 2. The summed E-state index contributed by atoms with van der Waals surface area (Å²) in [4.78, 5) is 23.8. The van der Waals surface area contributed by atoms with Crippen molar-refractivity contribution < 1.29 is 14.3 Å². The maximum absolute atomic E-state index is 12.0. The van der Waals surface area contributed by atoms with Gasteiger partial charge < -0.3 is 4.74 Å². The van der Waals surface area contributed by atoms with Crippen LogP contribution in [-0.4, -0.2) is 18.4 Å². The van der Waals surface area contributed by atoms with Crippen molar-refractivity contribution in [1.82, 2.24) is 0 Å². The van der Waals surface area contributed by atoms with E-state index >= 15 is 0 Å². The van der Waals surface area contributed by atoms with E-state index in [1.54, 1.807) is 24.3 Å². The van der Waals surface area contributed by atoms with Crippen molar-refractivity contribution in [3.8, 4) is 0 Å². The van der Waals surface area contributed by atoms with Crippen LogP contribution in [0, 0.1) is 3.57 Å². The minimum atomic E-state index is -0.549. The number of carbonyl (C=O) groups excluding carboxylic acids is 2. The molecule has 0 spiro atoms. The first-order valence-electron chi connectivity index (χ1n) is 5.88. The highest BCUT2D eigenvalue weighted by atomic mass is 127. The molecule has 0 N–H and O–H groups in total. The van der Waals surface area contributed by atoms with Crippen molar-refractivity contribution in [2.24, 2.45) is 0 Å². The van der Waals surface area contributed by atoms with Crippen LogP contribution in [0.2, 0.25) is 10.0 Å². The van der Waals surface area contributed by atoms with Gasteiger partial charge in [0.1, 0.15) is 0 Å². The zero-order chi connectivity index (χ0) is 15.4. The Morgan fingerprint density at radius 2 is 1.86 bits per heavy atom. The van der Waals surface area contributed by atoms with Gasteiger partial charge in [-0.25, -0.2) is 4.79 Å². The van der Waals surface area contributed by atoms with E-state index in [0.29, 0.717) is 10.6 Å². The third-order valence-corrected chi connectivity index (χ3v) is 3.85. The fourth-order valence-electron chi connectivity index (χ4n) is 1.62. The highest BCUT2D eigenvalue weighted by Gasteiger charge is 2.14. The summed E-state index contributed by atoms with van der Waals surface area (Å²) in [7, 11) is 0. The van der Waals surface area contributed by atoms with Crippen molar-refractivity contribution in [2.75, 3.05) is 6.61 Å². The Bertz CT molecular complexity index is 701. The molecule has 0 saturated carbocycles. The number of esters is 1. The van der Waals surface area contributed by atoms with Gasteiger partial charge >= 0.3 is 5.97 Å². The van der Waals surface area contributed by atoms with Crippen LogP contribution < -0.4 is 0 Å². The van der Waals surface area contributed by atoms with E-state index in [-0.39, 0.29) is 23.0 Å². The van der Waals surface area contributed by atoms with Crippen LogP contribution in [0.1, 0.15) is 20.7 Å². The van der Waals surface area contributed by atoms with Gasteiger partial charge in [0.05, 0.1) is 10.6 Å². The molecule has 0 saturated heterocycles. The average molecular weight is 435 g/mol. The van der Waals surface area contributed by atoms with Crippen molar-refractivity contribution in [3.05, 3.63) is 67.2 Å². The molecule has 0 aliphatic heterocycles. The molecule has 108 valence electrons. The zero-order valence-electron chi connectivity index (χ0n) is 10.6. The van der Waals surface area contributed by atoms with E-state index in [2.05, 4.69) is 22.6 Å². The van der Waals surface area contributed by atoms with E-state index in [0.717, 1.165) is 3.57 Å². The number of hydrogen-bond acceptors (Lipinski definition) is 3. The summed E-state index contributed by atoms with van der Waals surface area (Å²) in [5.74, 6) is -0.928. The monoisotopic (exact) mass is 434 g/mol. The molecule has 21 heavy (non-hydrogen) atoms. The number of hydrogen-bond donors (Lipinski definition) is 0. The Hall–Kier alpha value is -1.11. The van der Waals surface area contributed by atoms with Gasteiger partial charge in [0, 0.05) is 14.2 Å². The van der Waals surface area contributed by atoms with Gasteiger partial charge in [-0.2, -0.15) is 0 Å². The predicted octanol–water partition coefficient (Wildman–Crippen LogP) is 4.64. The van der Waals surface area contributed by atoms with Crippen molar-refractivity contribution in [3.63, 3.8) is 0 Å². The third-order valence-electron chi connectivity index (χ3n) is 2.63. The normalized spacial score (nSPS) is 10.2. The zero-order valence-corrected chi connectivity index (χ0v) is 14.3. The van der Waals surface area contributed by atoms with Gasteiger partial charge in [0.2, 0.25) is 5.78 Å². The maximum Gasteiger partial charge on any atom is 0.338 e. The minimum absolute atomic E-state index is 0.234. The Kier molecular flexibility index (Phi) is 5.61. The van der Waals surface area contributed by atoms with E-state index in [9.17, 15) is 9.59 Å². The predicted molar refractivity (Wildman–Crippen MR) is 90.2 cm³/mol. The molecule has 3 nitrogen and oxygen atoms in total. The SMILES string of the molecule is O=C(OCC(=O)c1ccc(Cl)cc1Cl)c1cccc(I)c1. The molecule has 0 fully saturated rings. The van der Waals surface area contributed by atoms with Crippen LogP contribution in [-0.2, 0) is 4.74 Å². The number of halogens is 3. The lowest BCUT2D eigenvalue weighted by Gasteiger charge is -2.06. The summed E-state index contributed by atoms with van der Waals surface area (Å²) < 4.78 is 5.91. The standard InChI is InChI=1S/C15H9Cl2IO3/c16-10-4-5-12(13(17)7-10)14(19)8-21-15(20)9-2-1-3-11(18)6-9/h1-7H,8H2. The van der Waals surface area contributed by atoms with Gasteiger partial charge in [-0.05, 0) is 59.0 Å². The molecule has 0 aliphatic rings. The number of rotatable bonds is 4. The second-order valence-corrected chi connectivity index (χ2v) is 6.22. The molecule has 0 heterocycles. The van der Waals surface area contributed by atoms with Crippen LogP contribution >= 0.6 is 45.8 Å². The Morgan fingerprint density at radius 3 is 2.52 bits per heavy atom. The highest BCUT2D eigenvalue weighted by Crippen LogP contribution is 2.21. The number of ether oxygens (including phenoxy) is 1. The minimum Gasteiger partial charge on any atom is -0.454 e. The van der Waals surface area contributed by atoms with Gasteiger partial charge in [-0.1, -0.05) is 29.3 Å². The second kappa shape index (κ2) is 7.24. The number of Topliss-reactive ketones (excluding diaryl/α,β-unsaturated/α-hetero) is 1. The molecule has 0 amide bonds. The molecular weight excluding hydrogens is 426 g/mol. The molecule has 2 aromatic carbocycles. The quantitative estimate of drug-likeness (QED) is 0.400. The van der Waals surface area contributed by atoms with Gasteiger partial charge in [0.15, 0.2) is 6.61 Å². The van der Waals surface area contributed by atoms with Crippen LogP contribution in [0.3, 0.4) is 0 Å². The number of benzene rings is 2. The first-order valence-corrected chi connectivity index (χ1v) is 7.72. The molecule has 0 aliphatic carbocycles. The second-order valence-electron chi connectivity index (χ2n) is 4.13. The average Bonchev–Trinajstić information content (AvgIpc) is 2.44. The van der Waals surface area contributed by atoms with Crippen LogP contribution in [0.25, 0.3) is 0 Å². The summed E-state index contributed by atoms with van der Waals surface area (Å²) >= 11 is 13.8. The van der Waals surface area contributed by atoms with Crippen molar-refractivity contribution in [2.45, 2.75) is 0 Å². The van der Waals surface area contributed by atoms with Crippen LogP contribution in [0.15, 0.2) is 42.5 Å². The summed E-state index contributed by atoms with van der Waals surface area (Å²) in [6.45, 7) is -0.369. The fourth-order valence-corrected chi connectivity index (χ4v) is 2.68. The molecule has 0 atom stereocenters. The molecule has 2 rings (SSSR count). The fraction of sp³-hybridized carbons (Fsp3) is 0.0667. The van der Waals surface area contributed by atoms with Gasteiger partial charge in [-0.3, -0.25) is 4.79 Å². The van der Waals surface area contributed by atoms with E-state index in [1.165, 1.54) is 12.1 Å². The first-order chi connectivity index (χ1) is 9.97. The van der Waals surface area contributed by atoms with Gasteiger partial charge in [-0.15, -0.1) is 0 Å². The maximum atomic E-state index is 12.0. The van der Waals surface area contributed by atoms with Gasteiger partial charge in [0.25, 0.3) is 0 Å². The molecule has 6 heteroatoms. The smallest absolute Gasteiger partial charge is 0.338 e. The van der Waals surface area contributed by atoms with Crippen LogP contribution in [0.4, 0.5) is 0 Å². The Balaban J connectivity index is 2.02. The summed E-state index contributed by atoms with van der Waals surface area (Å²) in [5, 5.41) is 0.671. The van der Waals surface area contributed by atoms with Crippen molar-refractivity contribution in [1.29, 1.82) is 0 Å². The van der Waals surface area contributed by atoms with E-state index < -0.39 is 5.97 Å². The van der Waals surface area contributed by atoms with Crippen molar-refractivity contribution >= 4 is 57.5 Å². The third kappa shape index (κ3) is 4.43. The van der Waals surface area contributed by atoms with E-state index in [4.69, 9.17) is 27.9 Å². The summed E-state index contributed by atoms with van der Waals surface area (Å²) in [5.41, 5.74) is 0.674. The molecule has 0 radical (unpaired) electrons. The lowest BCUT2D eigenvalue weighted by molar-refractivity contribution is 0.0474. The molecule has 0 unspecified atom stereocenters. The lowest BCUT2D eigenvalue weighted by Crippen LogP contribution is -2.14. The Morgan fingerprint density at radius 1 is 1.10 bits per heavy atom. The number of ketones is 1. The summed E-state index contributed by atoms with van der Waals surface area (Å²) in [6, 6.07) is 11.4. The topological polar surface area (TPSA) is 43.4 Å². The van der Waals surface area contributed by atoms with E-state index in [1.807, 2.05) is 6.07 Å². The van der Waals surface area contributed by atoms with Crippen LogP contribution in [0.5, 0.6) is 0 Å². The molecule has 0 bridgehead atoms. The first kappa shape index (κ1) is 16.3. The molecular formula is C15H9Cl2IO3. The molecule has 0 aromatic heterocycles. The largest absolute Gasteiger partial charge is 0.454 e. The lowest BCUT2D eigenvalue weighted by atomic mass is 10.1.